The second-order valence-electron chi connectivity index (χ2n) is 4.02. The molecule has 100 valence electrons. The molecule has 0 aliphatic carbocycles. The molecule has 19 heavy (non-hydrogen) atoms. The number of pyridine rings is 2. The molecule has 0 saturated heterocycles. The number of hydrogen-bond acceptors (Lipinski definition) is 5. The first-order chi connectivity index (χ1) is 9.31. The average molecular weight is 258 g/mol. The highest BCUT2D eigenvalue weighted by molar-refractivity contribution is 5.52. The predicted octanol–water partition coefficient (Wildman–Crippen LogP) is 2.53. The highest BCUT2D eigenvalue weighted by atomic mass is 16.5. The van der Waals surface area contributed by atoms with Crippen molar-refractivity contribution in [1.82, 2.24) is 9.97 Å². The largest absolute Gasteiger partial charge is 0.481 e. The van der Waals surface area contributed by atoms with E-state index in [2.05, 4.69) is 20.6 Å². The second-order valence-corrected chi connectivity index (χ2v) is 4.02. The van der Waals surface area contributed by atoms with Crippen LogP contribution in [0.5, 0.6) is 5.88 Å². The third kappa shape index (κ3) is 3.84. The Morgan fingerprint density at radius 1 is 1.16 bits per heavy atom. The Kier molecular flexibility index (Phi) is 4.55. The van der Waals surface area contributed by atoms with Crippen LogP contribution in [0.2, 0.25) is 0 Å². The lowest BCUT2D eigenvalue weighted by atomic mass is 10.2. The zero-order chi connectivity index (χ0) is 13.5. The van der Waals surface area contributed by atoms with E-state index in [0.717, 1.165) is 23.6 Å². The third-order valence-corrected chi connectivity index (χ3v) is 2.62. The minimum atomic E-state index is 0.627. The summed E-state index contributed by atoms with van der Waals surface area (Å²) in [6, 6.07) is 7.77. The number of nitrogens with one attached hydrogen (secondary N) is 2. The molecule has 5 nitrogen and oxygen atoms in total. The van der Waals surface area contributed by atoms with Crippen LogP contribution in [0.1, 0.15) is 12.5 Å². The molecule has 0 unspecified atom stereocenters. The van der Waals surface area contributed by atoms with Gasteiger partial charge in [-0.3, -0.25) is 0 Å². The van der Waals surface area contributed by atoms with E-state index >= 15 is 0 Å². The zero-order valence-corrected chi connectivity index (χ0v) is 11.2. The van der Waals surface area contributed by atoms with Crippen molar-refractivity contribution in [1.29, 1.82) is 0 Å². The number of nitrogens with zero attached hydrogens (tertiary/aromatic N) is 2. The van der Waals surface area contributed by atoms with E-state index in [1.165, 1.54) is 0 Å². The number of anilines is 2. The van der Waals surface area contributed by atoms with Crippen LogP contribution in [-0.4, -0.2) is 23.6 Å². The summed E-state index contributed by atoms with van der Waals surface area (Å²) in [6.45, 7) is 3.62. The maximum atomic E-state index is 5.03. The molecule has 2 rings (SSSR count). The summed E-state index contributed by atoms with van der Waals surface area (Å²) in [4.78, 5) is 8.40. The van der Waals surface area contributed by atoms with E-state index in [1.54, 1.807) is 19.5 Å². The van der Waals surface area contributed by atoms with Gasteiger partial charge in [0.15, 0.2) is 0 Å². The molecule has 0 bridgehead atoms. The van der Waals surface area contributed by atoms with Gasteiger partial charge in [-0.25, -0.2) is 9.97 Å². The van der Waals surface area contributed by atoms with Crippen LogP contribution in [0, 0.1) is 0 Å². The standard InChI is InChI=1S/C14H18N4O/c1-3-15-13-8-12(6-7-16-13)17-9-11-4-5-14(19-2)18-10-11/h4-8,10H,3,9H2,1-2H3,(H2,15,16,17). The first-order valence-corrected chi connectivity index (χ1v) is 6.24. The zero-order valence-electron chi connectivity index (χ0n) is 11.2. The molecule has 2 aromatic rings. The molecule has 0 aliphatic rings. The number of hydrogen-bond donors (Lipinski definition) is 2. The molecule has 2 aromatic heterocycles. The molecule has 0 aromatic carbocycles. The Labute approximate surface area is 113 Å². The van der Waals surface area contributed by atoms with Gasteiger partial charge < -0.3 is 15.4 Å². The molecule has 0 saturated carbocycles. The summed E-state index contributed by atoms with van der Waals surface area (Å²) in [5.74, 6) is 1.50. The maximum absolute atomic E-state index is 5.03. The van der Waals surface area contributed by atoms with E-state index in [9.17, 15) is 0 Å². The smallest absolute Gasteiger partial charge is 0.212 e. The van der Waals surface area contributed by atoms with Gasteiger partial charge in [0.1, 0.15) is 5.82 Å². The molecule has 0 spiro atoms. The van der Waals surface area contributed by atoms with Crippen LogP contribution in [0.15, 0.2) is 36.7 Å². The molecular formula is C14H18N4O. The van der Waals surface area contributed by atoms with Crippen molar-refractivity contribution in [3.05, 3.63) is 42.2 Å². The second kappa shape index (κ2) is 6.58. The summed E-state index contributed by atoms with van der Waals surface area (Å²) in [7, 11) is 1.61. The summed E-state index contributed by atoms with van der Waals surface area (Å²) in [5.41, 5.74) is 2.13. The van der Waals surface area contributed by atoms with Crippen molar-refractivity contribution in [2.75, 3.05) is 24.3 Å². The van der Waals surface area contributed by atoms with E-state index in [0.29, 0.717) is 12.4 Å². The minimum absolute atomic E-state index is 0.627. The fourth-order valence-electron chi connectivity index (χ4n) is 1.66. The molecule has 5 heteroatoms. The maximum Gasteiger partial charge on any atom is 0.212 e. The van der Waals surface area contributed by atoms with Gasteiger partial charge in [0.2, 0.25) is 5.88 Å². The van der Waals surface area contributed by atoms with Gasteiger partial charge in [-0.2, -0.15) is 0 Å². The summed E-state index contributed by atoms with van der Waals surface area (Å²) in [5, 5.41) is 6.52. The molecule has 0 fully saturated rings. The number of rotatable bonds is 6. The van der Waals surface area contributed by atoms with Crippen LogP contribution in [0.25, 0.3) is 0 Å². The topological polar surface area (TPSA) is 59.1 Å². The van der Waals surface area contributed by atoms with Gasteiger partial charge >= 0.3 is 0 Å². The first-order valence-electron chi connectivity index (χ1n) is 6.24. The Bertz CT molecular complexity index is 513. The fraction of sp³-hybridized carbons (Fsp3) is 0.286. The molecular weight excluding hydrogens is 240 g/mol. The first kappa shape index (κ1) is 13.1. The molecule has 0 aliphatic heterocycles. The lowest BCUT2D eigenvalue weighted by Gasteiger charge is -2.08. The summed E-state index contributed by atoms with van der Waals surface area (Å²) in [6.07, 6.45) is 3.59. The Morgan fingerprint density at radius 2 is 2.05 bits per heavy atom. The van der Waals surface area contributed by atoms with Gasteiger partial charge in [-0.1, -0.05) is 6.07 Å². The van der Waals surface area contributed by atoms with E-state index in [4.69, 9.17) is 4.74 Å². The number of aromatic nitrogens is 2. The van der Waals surface area contributed by atoms with Gasteiger partial charge in [0.25, 0.3) is 0 Å². The average Bonchev–Trinajstić information content (AvgIpc) is 2.46. The molecule has 0 amide bonds. The van der Waals surface area contributed by atoms with Crippen LogP contribution in [0.3, 0.4) is 0 Å². The molecule has 2 N–H and O–H groups in total. The van der Waals surface area contributed by atoms with E-state index < -0.39 is 0 Å². The van der Waals surface area contributed by atoms with Crippen molar-refractivity contribution in [3.8, 4) is 5.88 Å². The molecule has 0 radical (unpaired) electrons. The van der Waals surface area contributed by atoms with Crippen molar-refractivity contribution in [2.45, 2.75) is 13.5 Å². The van der Waals surface area contributed by atoms with Gasteiger partial charge in [0.05, 0.1) is 7.11 Å². The number of ether oxygens (including phenoxy) is 1. The summed E-state index contributed by atoms with van der Waals surface area (Å²) < 4.78 is 5.03. The lowest BCUT2D eigenvalue weighted by molar-refractivity contribution is 0.397. The predicted molar refractivity (Wildman–Crippen MR) is 76.5 cm³/mol. The molecule has 0 atom stereocenters. The highest BCUT2D eigenvalue weighted by Gasteiger charge is 1.98. The fourth-order valence-corrected chi connectivity index (χ4v) is 1.66. The van der Waals surface area contributed by atoms with Crippen molar-refractivity contribution < 1.29 is 4.74 Å². The van der Waals surface area contributed by atoms with Crippen molar-refractivity contribution in [3.63, 3.8) is 0 Å². The van der Waals surface area contributed by atoms with Crippen LogP contribution in [0.4, 0.5) is 11.5 Å². The van der Waals surface area contributed by atoms with E-state index in [1.807, 2.05) is 31.2 Å². The minimum Gasteiger partial charge on any atom is -0.481 e. The Morgan fingerprint density at radius 3 is 2.74 bits per heavy atom. The Balaban J connectivity index is 1.95. The monoisotopic (exact) mass is 258 g/mol. The SMILES string of the molecule is CCNc1cc(NCc2ccc(OC)nc2)ccn1. The van der Waals surface area contributed by atoms with Crippen molar-refractivity contribution in [2.24, 2.45) is 0 Å². The van der Waals surface area contributed by atoms with E-state index in [-0.39, 0.29) is 0 Å². The van der Waals surface area contributed by atoms with Crippen LogP contribution >= 0.6 is 0 Å². The normalized spacial score (nSPS) is 10.0. The van der Waals surface area contributed by atoms with Crippen LogP contribution < -0.4 is 15.4 Å². The van der Waals surface area contributed by atoms with Crippen LogP contribution in [-0.2, 0) is 6.54 Å². The summed E-state index contributed by atoms with van der Waals surface area (Å²) >= 11 is 0. The number of methoxy groups -OCH3 is 1. The third-order valence-electron chi connectivity index (χ3n) is 2.62. The van der Waals surface area contributed by atoms with Crippen molar-refractivity contribution >= 4 is 11.5 Å². The Hall–Kier alpha value is -2.30. The lowest BCUT2D eigenvalue weighted by Crippen LogP contribution is -2.03. The van der Waals surface area contributed by atoms with Gasteiger partial charge in [-0.05, 0) is 18.6 Å². The highest BCUT2D eigenvalue weighted by Crippen LogP contribution is 2.13. The quantitative estimate of drug-likeness (QED) is 0.833. The molecule has 2 heterocycles. The van der Waals surface area contributed by atoms with Gasteiger partial charge in [0, 0.05) is 43.3 Å². The van der Waals surface area contributed by atoms with Gasteiger partial charge in [-0.15, -0.1) is 0 Å².